The van der Waals surface area contributed by atoms with Crippen molar-refractivity contribution in [3.05, 3.63) is 66.9 Å². The Bertz CT molecular complexity index is 1460. The van der Waals surface area contributed by atoms with Gasteiger partial charge in [-0.2, -0.15) is 0 Å². The minimum atomic E-state index is -0.601. The molecule has 0 aliphatic carbocycles. The number of amides is 1. The number of hydrogen-bond acceptors (Lipinski definition) is 6. The van der Waals surface area contributed by atoms with Crippen molar-refractivity contribution in [2.75, 3.05) is 13.2 Å². The minimum Gasteiger partial charge on any atom is -0.492 e. The fourth-order valence-corrected chi connectivity index (χ4v) is 5.34. The normalized spacial score (nSPS) is 15.8. The summed E-state index contributed by atoms with van der Waals surface area (Å²) < 4.78 is 11.9. The molecule has 39 heavy (non-hydrogen) atoms. The van der Waals surface area contributed by atoms with Gasteiger partial charge in [-0.3, -0.25) is 14.9 Å². The number of fused-ring (bicyclic) bond motifs is 1. The number of carbonyl (C=O) groups excluding carboxylic acids is 1. The van der Waals surface area contributed by atoms with Gasteiger partial charge in [0.2, 0.25) is 0 Å². The summed E-state index contributed by atoms with van der Waals surface area (Å²) in [6.45, 7) is 10.2. The van der Waals surface area contributed by atoms with Crippen molar-refractivity contribution in [1.82, 2.24) is 9.88 Å². The highest BCUT2D eigenvalue weighted by molar-refractivity contribution is 6.33. The molecule has 0 radical (unpaired) electrons. The van der Waals surface area contributed by atoms with Crippen molar-refractivity contribution >= 4 is 34.3 Å². The molecule has 1 atom stereocenters. The molecule has 1 amide bonds. The van der Waals surface area contributed by atoms with E-state index in [2.05, 4.69) is 4.98 Å². The number of rotatable bonds is 6. The van der Waals surface area contributed by atoms with Gasteiger partial charge in [0.25, 0.3) is 11.2 Å². The van der Waals surface area contributed by atoms with E-state index in [1.54, 1.807) is 4.90 Å². The zero-order valence-corrected chi connectivity index (χ0v) is 23.7. The van der Waals surface area contributed by atoms with Crippen LogP contribution in [0.2, 0.25) is 5.02 Å². The van der Waals surface area contributed by atoms with Crippen LogP contribution in [0.25, 0.3) is 22.0 Å². The summed E-state index contributed by atoms with van der Waals surface area (Å²) in [5.74, 6) is 0.248. The lowest BCUT2D eigenvalue weighted by Gasteiger charge is -2.36. The molecule has 9 nitrogen and oxygen atoms in total. The molecule has 10 heteroatoms. The van der Waals surface area contributed by atoms with Crippen LogP contribution in [-0.4, -0.2) is 45.7 Å². The number of aryl methyl sites for hydroxylation is 2. The third kappa shape index (κ3) is 6.53. The fourth-order valence-electron chi connectivity index (χ4n) is 5.11. The van der Waals surface area contributed by atoms with Crippen molar-refractivity contribution in [2.45, 2.75) is 71.9 Å². The molecule has 2 aromatic carbocycles. The maximum Gasteiger partial charge on any atom is 0.410 e. The molecule has 208 valence electrons. The van der Waals surface area contributed by atoms with Gasteiger partial charge in [-0.15, -0.1) is 0 Å². The highest BCUT2D eigenvalue weighted by atomic mass is 35.5. The molecule has 0 bridgehead atoms. The standard InChI is InChI=1S/C29H34ClN3O6/c1-17-12-18(2)14-19(13-17)25-26(21-15-24(33(36)37)22(30)16-23(21)31-27(25)34)38-11-9-20-8-6-7-10-32(20)28(35)39-29(3,4)5/h12-16,20H,6-11H2,1-5H3,(H,31,34)/t20-/m0/s1. The number of aromatic amines is 1. The first-order valence-corrected chi connectivity index (χ1v) is 13.5. The quantitative estimate of drug-likeness (QED) is 0.260. The molecular formula is C29H34ClN3O6. The first kappa shape index (κ1) is 28.4. The van der Waals surface area contributed by atoms with Crippen LogP contribution in [-0.2, 0) is 4.74 Å². The van der Waals surface area contributed by atoms with Crippen LogP contribution in [0.1, 0.15) is 57.6 Å². The lowest BCUT2D eigenvalue weighted by molar-refractivity contribution is -0.384. The summed E-state index contributed by atoms with van der Waals surface area (Å²) >= 11 is 6.14. The number of nitrogens with one attached hydrogen (secondary N) is 1. The van der Waals surface area contributed by atoms with Gasteiger partial charge >= 0.3 is 6.09 Å². The monoisotopic (exact) mass is 555 g/mol. The molecule has 1 aliphatic heterocycles. The molecule has 1 fully saturated rings. The zero-order valence-electron chi connectivity index (χ0n) is 22.9. The molecule has 1 saturated heterocycles. The summed E-state index contributed by atoms with van der Waals surface area (Å²) in [6, 6.07) is 8.38. The highest BCUT2D eigenvalue weighted by Crippen LogP contribution is 2.38. The Morgan fingerprint density at radius 1 is 1.15 bits per heavy atom. The van der Waals surface area contributed by atoms with E-state index in [0.29, 0.717) is 35.0 Å². The summed E-state index contributed by atoms with van der Waals surface area (Å²) in [4.78, 5) is 41.9. The largest absolute Gasteiger partial charge is 0.492 e. The SMILES string of the molecule is Cc1cc(C)cc(-c2c(OCC[C@@H]3CCCCN3C(=O)OC(C)(C)C)c3cc([N+](=O)[O-])c(Cl)cc3[nH]c2=O)c1. The summed E-state index contributed by atoms with van der Waals surface area (Å²) in [6.07, 6.45) is 2.85. The average Bonchev–Trinajstić information content (AvgIpc) is 2.82. The fraction of sp³-hybridized carbons (Fsp3) is 0.448. The van der Waals surface area contributed by atoms with Gasteiger partial charge in [0.15, 0.2) is 0 Å². The Kier molecular flexibility index (Phi) is 8.20. The third-order valence-electron chi connectivity index (χ3n) is 6.69. The second-order valence-corrected chi connectivity index (χ2v) is 11.5. The predicted molar refractivity (Wildman–Crippen MR) is 152 cm³/mol. The minimum absolute atomic E-state index is 0.0801. The number of pyridine rings is 1. The number of aromatic nitrogens is 1. The van der Waals surface area contributed by atoms with Crippen LogP contribution in [0.4, 0.5) is 10.5 Å². The number of nitro benzene ring substituents is 1. The van der Waals surface area contributed by atoms with E-state index in [4.69, 9.17) is 21.1 Å². The molecule has 1 N–H and O–H groups in total. The Hall–Kier alpha value is -3.59. The van der Waals surface area contributed by atoms with Gasteiger partial charge in [-0.25, -0.2) is 4.79 Å². The maximum absolute atomic E-state index is 13.4. The van der Waals surface area contributed by atoms with Gasteiger partial charge < -0.3 is 19.4 Å². The molecule has 0 spiro atoms. The smallest absolute Gasteiger partial charge is 0.410 e. The van der Waals surface area contributed by atoms with E-state index in [9.17, 15) is 19.7 Å². The van der Waals surface area contributed by atoms with Crippen molar-refractivity contribution in [2.24, 2.45) is 0 Å². The van der Waals surface area contributed by atoms with E-state index >= 15 is 0 Å². The molecule has 2 heterocycles. The highest BCUT2D eigenvalue weighted by Gasteiger charge is 2.31. The number of nitrogens with zero attached hydrogens (tertiary/aromatic N) is 2. The van der Waals surface area contributed by atoms with E-state index in [1.807, 2.05) is 52.8 Å². The number of likely N-dealkylation sites (tertiary alicyclic amines) is 1. The lowest BCUT2D eigenvalue weighted by atomic mass is 9.98. The van der Waals surface area contributed by atoms with Crippen LogP contribution < -0.4 is 10.3 Å². The van der Waals surface area contributed by atoms with Crippen LogP contribution in [0, 0.1) is 24.0 Å². The van der Waals surface area contributed by atoms with Crippen molar-refractivity contribution < 1.29 is 19.2 Å². The number of halogens is 1. The van der Waals surface area contributed by atoms with Crippen LogP contribution in [0.3, 0.4) is 0 Å². The molecule has 3 aromatic rings. The van der Waals surface area contributed by atoms with Gasteiger partial charge in [-0.1, -0.05) is 40.9 Å². The summed E-state index contributed by atoms with van der Waals surface area (Å²) in [5, 5.41) is 12.0. The van der Waals surface area contributed by atoms with Crippen molar-refractivity contribution in [3.63, 3.8) is 0 Å². The first-order valence-electron chi connectivity index (χ1n) is 13.1. The Balaban J connectivity index is 1.73. The number of H-pyrrole nitrogens is 1. The van der Waals surface area contributed by atoms with Gasteiger partial charge in [0, 0.05) is 30.5 Å². The number of hydrogen-bond donors (Lipinski definition) is 1. The zero-order chi connectivity index (χ0) is 28.5. The third-order valence-corrected chi connectivity index (χ3v) is 7.00. The molecule has 0 unspecified atom stereocenters. The number of carbonyl (C=O) groups is 1. The van der Waals surface area contributed by atoms with Gasteiger partial charge in [0.1, 0.15) is 16.4 Å². The second kappa shape index (κ2) is 11.3. The van der Waals surface area contributed by atoms with Crippen molar-refractivity contribution in [1.29, 1.82) is 0 Å². The molecule has 0 saturated carbocycles. The summed E-state index contributed by atoms with van der Waals surface area (Å²) in [7, 11) is 0. The number of ether oxygens (including phenoxy) is 2. The lowest BCUT2D eigenvalue weighted by Crippen LogP contribution is -2.46. The number of benzene rings is 2. The maximum atomic E-state index is 13.4. The summed E-state index contributed by atoms with van der Waals surface area (Å²) in [5.41, 5.74) is 1.94. The van der Waals surface area contributed by atoms with E-state index in [1.165, 1.54) is 12.1 Å². The van der Waals surface area contributed by atoms with E-state index in [-0.39, 0.29) is 40.8 Å². The van der Waals surface area contributed by atoms with Gasteiger partial charge in [-0.05, 0) is 65.5 Å². The first-order chi connectivity index (χ1) is 18.3. The van der Waals surface area contributed by atoms with E-state index < -0.39 is 10.5 Å². The predicted octanol–water partition coefficient (Wildman–Crippen LogP) is 6.93. The Morgan fingerprint density at radius 3 is 2.49 bits per heavy atom. The number of nitro groups is 1. The molecule has 4 rings (SSSR count). The molecule has 1 aliphatic rings. The second-order valence-electron chi connectivity index (χ2n) is 11.1. The van der Waals surface area contributed by atoms with E-state index in [0.717, 1.165) is 30.4 Å². The van der Waals surface area contributed by atoms with Crippen molar-refractivity contribution in [3.8, 4) is 16.9 Å². The topological polar surface area (TPSA) is 115 Å². The van der Waals surface area contributed by atoms with Crippen LogP contribution in [0.5, 0.6) is 5.75 Å². The average molecular weight is 556 g/mol. The molecule has 1 aromatic heterocycles. The molecular weight excluding hydrogens is 522 g/mol. The number of piperidine rings is 1. The van der Waals surface area contributed by atoms with Crippen LogP contribution >= 0.6 is 11.6 Å². The van der Waals surface area contributed by atoms with Crippen LogP contribution in [0.15, 0.2) is 35.1 Å². The Labute approximate surface area is 232 Å². The van der Waals surface area contributed by atoms with Gasteiger partial charge in [0.05, 0.1) is 22.6 Å². The Morgan fingerprint density at radius 2 is 1.85 bits per heavy atom.